The van der Waals surface area contributed by atoms with Crippen molar-refractivity contribution in [3.05, 3.63) is 40.7 Å². The van der Waals surface area contributed by atoms with Crippen LogP contribution in [0, 0.1) is 17.8 Å². The Balaban J connectivity index is 1.13. The topological polar surface area (TPSA) is 56.1 Å². The summed E-state index contributed by atoms with van der Waals surface area (Å²) in [4.78, 5) is 18.0. The van der Waals surface area contributed by atoms with E-state index in [1.165, 1.54) is 44.9 Å². The van der Waals surface area contributed by atoms with Gasteiger partial charge in [0.25, 0.3) is 5.91 Å². The van der Waals surface area contributed by atoms with Gasteiger partial charge in [-0.15, -0.1) is 0 Å². The number of imidazole rings is 1. The van der Waals surface area contributed by atoms with Gasteiger partial charge in [-0.05, 0) is 99.8 Å². The lowest BCUT2D eigenvalue weighted by Gasteiger charge is -2.56. The second-order valence-electron chi connectivity index (χ2n) is 10.9. The number of nitrogens with one attached hydrogen (secondary N) is 1. The zero-order valence-electron chi connectivity index (χ0n) is 19.3. The molecule has 0 unspecified atom stereocenters. The number of aromatic nitrogens is 2. The van der Waals surface area contributed by atoms with Crippen LogP contribution >= 0.6 is 11.6 Å². The number of carbonyl (C=O) groups is 1. The van der Waals surface area contributed by atoms with Crippen LogP contribution in [-0.4, -0.2) is 34.2 Å². The highest BCUT2D eigenvalue weighted by Crippen LogP contribution is 2.57. The Bertz CT molecular complexity index is 993. The molecule has 33 heavy (non-hydrogen) atoms. The van der Waals surface area contributed by atoms with Gasteiger partial charge >= 0.3 is 0 Å². The van der Waals surface area contributed by atoms with Crippen LogP contribution in [0.1, 0.15) is 74.0 Å². The van der Waals surface area contributed by atoms with Crippen molar-refractivity contribution in [2.24, 2.45) is 17.8 Å². The summed E-state index contributed by atoms with van der Waals surface area (Å²) in [5.74, 6) is 3.42. The predicted octanol–water partition coefficient (Wildman–Crippen LogP) is 5.65. The van der Waals surface area contributed by atoms with E-state index in [1.54, 1.807) is 0 Å². The zero-order valence-corrected chi connectivity index (χ0v) is 20.1. The number of benzene rings is 1. The van der Waals surface area contributed by atoms with E-state index in [9.17, 15) is 4.79 Å². The average molecular weight is 468 g/mol. The first-order valence-corrected chi connectivity index (χ1v) is 13.2. The Kier molecular flexibility index (Phi) is 5.74. The van der Waals surface area contributed by atoms with Gasteiger partial charge in [0.05, 0.1) is 17.9 Å². The molecule has 5 aliphatic rings. The standard InChI is InChI=1S/C27H34ClN3O2/c28-22-7-5-21(6-8-22)25-30-24(23-4-2-1-3-10-31(23)25)26(32)29-9-11-33-27-15-18-12-19(16-27)14-20(13-18)17-27/h5-8,18-20H,1-4,9-17H2,(H,29,32). The summed E-state index contributed by atoms with van der Waals surface area (Å²) in [7, 11) is 0. The minimum absolute atomic E-state index is 0.0741. The molecule has 4 bridgehead atoms. The third kappa shape index (κ3) is 4.23. The second-order valence-corrected chi connectivity index (χ2v) is 11.3. The smallest absolute Gasteiger partial charge is 0.271 e. The number of amides is 1. The van der Waals surface area contributed by atoms with Crippen LogP contribution in [0.4, 0.5) is 0 Å². The second kappa shape index (κ2) is 8.74. The number of carbonyl (C=O) groups excluding carboxylic acids is 1. The van der Waals surface area contributed by atoms with Crippen LogP contribution in [0.15, 0.2) is 24.3 Å². The molecule has 2 aromatic rings. The number of nitrogens with zero attached hydrogens (tertiary/aromatic N) is 2. The molecule has 1 aliphatic heterocycles. The molecule has 0 atom stereocenters. The summed E-state index contributed by atoms with van der Waals surface area (Å²) in [6.07, 6.45) is 12.2. The first kappa shape index (κ1) is 21.7. The molecule has 4 fully saturated rings. The normalized spacial score (nSPS) is 30.2. The molecule has 0 radical (unpaired) electrons. The van der Waals surface area contributed by atoms with Crippen molar-refractivity contribution in [3.63, 3.8) is 0 Å². The van der Waals surface area contributed by atoms with E-state index in [4.69, 9.17) is 21.3 Å². The Morgan fingerprint density at radius 3 is 2.45 bits per heavy atom. The van der Waals surface area contributed by atoms with E-state index in [0.717, 1.165) is 60.6 Å². The summed E-state index contributed by atoms with van der Waals surface area (Å²) in [6.45, 7) is 2.05. The highest BCUT2D eigenvalue weighted by molar-refractivity contribution is 6.30. The lowest BCUT2D eigenvalue weighted by molar-refractivity contribution is -0.161. The van der Waals surface area contributed by atoms with E-state index < -0.39 is 0 Å². The fraction of sp³-hybridized carbons (Fsp3) is 0.630. The number of hydrogen-bond acceptors (Lipinski definition) is 3. The molecule has 4 saturated carbocycles. The lowest BCUT2D eigenvalue weighted by Crippen LogP contribution is -2.52. The maximum Gasteiger partial charge on any atom is 0.271 e. The van der Waals surface area contributed by atoms with Crippen molar-refractivity contribution in [2.75, 3.05) is 13.2 Å². The molecular formula is C27H34ClN3O2. The van der Waals surface area contributed by atoms with Crippen molar-refractivity contribution in [2.45, 2.75) is 76.4 Å². The predicted molar refractivity (Wildman–Crippen MR) is 129 cm³/mol. The molecule has 6 heteroatoms. The minimum Gasteiger partial charge on any atom is -0.373 e. The Morgan fingerprint density at radius 2 is 1.76 bits per heavy atom. The van der Waals surface area contributed by atoms with Crippen LogP contribution < -0.4 is 5.32 Å². The van der Waals surface area contributed by atoms with E-state index in [-0.39, 0.29) is 11.5 Å². The highest BCUT2D eigenvalue weighted by atomic mass is 35.5. The maximum atomic E-state index is 13.2. The molecule has 7 rings (SSSR count). The van der Waals surface area contributed by atoms with Crippen LogP contribution in [-0.2, 0) is 17.7 Å². The molecule has 0 spiro atoms. The largest absolute Gasteiger partial charge is 0.373 e. The molecule has 2 heterocycles. The number of ether oxygens (including phenoxy) is 1. The fourth-order valence-electron chi connectivity index (χ4n) is 7.44. The molecular weight excluding hydrogens is 434 g/mol. The van der Waals surface area contributed by atoms with Crippen molar-refractivity contribution in [1.29, 1.82) is 0 Å². The molecule has 0 saturated heterocycles. The van der Waals surface area contributed by atoms with Crippen LogP contribution in [0.2, 0.25) is 5.02 Å². The van der Waals surface area contributed by atoms with Gasteiger partial charge in [-0.25, -0.2) is 4.98 Å². The zero-order chi connectivity index (χ0) is 22.4. The van der Waals surface area contributed by atoms with Gasteiger partial charge in [0.1, 0.15) is 11.5 Å². The average Bonchev–Trinajstić information content (AvgIpc) is 2.97. The van der Waals surface area contributed by atoms with Crippen molar-refractivity contribution >= 4 is 17.5 Å². The van der Waals surface area contributed by atoms with Gasteiger partial charge < -0.3 is 14.6 Å². The van der Waals surface area contributed by atoms with Crippen LogP contribution in [0.3, 0.4) is 0 Å². The van der Waals surface area contributed by atoms with Crippen molar-refractivity contribution in [1.82, 2.24) is 14.9 Å². The van der Waals surface area contributed by atoms with E-state index >= 15 is 0 Å². The summed E-state index contributed by atoms with van der Waals surface area (Å²) < 4.78 is 8.74. The van der Waals surface area contributed by atoms with Crippen LogP contribution in [0.25, 0.3) is 11.4 Å². The number of fused-ring (bicyclic) bond motifs is 1. The van der Waals surface area contributed by atoms with Gasteiger partial charge in [0, 0.05) is 23.7 Å². The van der Waals surface area contributed by atoms with E-state index in [2.05, 4.69) is 9.88 Å². The molecule has 1 N–H and O–H groups in total. The van der Waals surface area contributed by atoms with Gasteiger partial charge in [-0.2, -0.15) is 0 Å². The summed E-state index contributed by atoms with van der Waals surface area (Å²) in [5.41, 5.74) is 2.74. The maximum absolute atomic E-state index is 13.2. The van der Waals surface area contributed by atoms with Crippen molar-refractivity contribution < 1.29 is 9.53 Å². The van der Waals surface area contributed by atoms with Gasteiger partial charge in [0.15, 0.2) is 0 Å². The fourth-order valence-corrected chi connectivity index (χ4v) is 7.57. The Morgan fingerprint density at radius 1 is 1.06 bits per heavy atom. The SMILES string of the molecule is O=C(NCCOC12CC3CC(CC(C3)C1)C2)c1nc(-c2ccc(Cl)cc2)n2c1CCCCC2. The third-order valence-corrected chi connectivity index (χ3v) is 8.72. The monoisotopic (exact) mass is 467 g/mol. The Labute approximate surface area is 201 Å². The first-order valence-electron chi connectivity index (χ1n) is 12.9. The quantitative estimate of drug-likeness (QED) is 0.559. The summed E-state index contributed by atoms with van der Waals surface area (Å²) >= 11 is 6.09. The first-order chi connectivity index (χ1) is 16.1. The molecule has 1 aromatic carbocycles. The van der Waals surface area contributed by atoms with Crippen LogP contribution in [0.5, 0.6) is 0 Å². The highest BCUT2D eigenvalue weighted by Gasteiger charge is 2.51. The summed E-state index contributed by atoms with van der Waals surface area (Å²) in [6, 6.07) is 7.75. The van der Waals surface area contributed by atoms with Gasteiger partial charge in [-0.3, -0.25) is 4.79 Å². The van der Waals surface area contributed by atoms with Crippen molar-refractivity contribution in [3.8, 4) is 11.4 Å². The summed E-state index contributed by atoms with van der Waals surface area (Å²) in [5, 5.41) is 3.82. The minimum atomic E-state index is -0.0741. The molecule has 176 valence electrons. The number of rotatable bonds is 6. The molecule has 5 nitrogen and oxygen atoms in total. The van der Waals surface area contributed by atoms with E-state index in [1.807, 2.05) is 24.3 Å². The third-order valence-electron chi connectivity index (χ3n) is 8.46. The molecule has 4 aliphatic carbocycles. The van der Waals surface area contributed by atoms with E-state index in [0.29, 0.717) is 23.9 Å². The number of hydrogen-bond donors (Lipinski definition) is 1. The van der Waals surface area contributed by atoms with Gasteiger partial charge in [-0.1, -0.05) is 18.0 Å². The molecule has 1 amide bonds. The Hall–Kier alpha value is -1.85. The molecule has 1 aromatic heterocycles. The number of halogens is 1. The lowest BCUT2D eigenvalue weighted by atomic mass is 9.54. The van der Waals surface area contributed by atoms with Gasteiger partial charge in [0.2, 0.25) is 0 Å².